The largest absolute Gasteiger partial charge is 0.328 e. The maximum atomic E-state index is 12.8. The van der Waals surface area contributed by atoms with Gasteiger partial charge >= 0.3 is 5.69 Å². The highest BCUT2D eigenvalue weighted by atomic mass is 16.1. The maximum Gasteiger partial charge on any atom is 0.328 e. The molecule has 7 heteroatoms. The highest BCUT2D eigenvalue weighted by Crippen LogP contribution is 2.29. The van der Waals surface area contributed by atoms with Gasteiger partial charge in [-0.25, -0.2) is 9.89 Å². The van der Waals surface area contributed by atoms with Crippen LogP contribution in [0.2, 0.25) is 0 Å². The molecule has 0 aliphatic carbocycles. The molecule has 4 rings (SSSR count). The quantitative estimate of drug-likeness (QED) is 0.484. The van der Waals surface area contributed by atoms with Crippen LogP contribution in [0.15, 0.2) is 59.5 Å². The topological polar surface area (TPSA) is 81.4 Å². The minimum atomic E-state index is 0.0764. The highest BCUT2D eigenvalue weighted by molar-refractivity contribution is 5.80. The Morgan fingerprint density at radius 3 is 2.40 bits per heavy atom. The molecule has 0 aliphatic heterocycles. The van der Waals surface area contributed by atoms with Crippen LogP contribution in [0.1, 0.15) is 37.9 Å². The summed E-state index contributed by atoms with van der Waals surface area (Å²) in [6.07, 6.45) is 4.89. The van der Waals surface area contributed by atoms with Gasteiger partial charge in [0.05, 0.1) is 6.54 Å². The molecule has 0 atom stereocenters. The third-order valence-corrected chi connectivity index (χ3v) is 5.23. The van der Waals surface area contributed by atoms with Crippen LogP contribution in [0.5, 0.6) is 0 Å². The zero-order chi connectivity index (χ0) is 20.9. The Hall–Kier alpha value is -3.48. The molecule has 154 valence electrons. The fraction of sp³-hybridized carbons (Fsp3) is 0.304. The second kappa shape index (κ2) is 8.90. The summed E-state index contributed by atoms with van der Waals surface area (Å²) >= 11 is 0. The number of benzene rings is 2. The van der Waals surface area contributed by atoms with Crippen molar-refractivity contribution in [2.45, 2.75) is 46.2 Å². The van der Waals surface area contributed by atoms with Crippen molar-refractivity contribution in [1.29, 1.82) is 0 Å². The van der Waals surface area contributed by atoms with E-state index in [1.54, 1.807) is 0 Å². The second-order valence-electron chi connectivity index (χ2n) is 7.42. The van der Waals surface area contributed by atoms with Gasteiger partial charge in [0.1, 0.15) is 0 Å². The number of nitrogens with one attached hydrogen (secondary N) is 1. The van der Waals surface area contributed by atoms with Gasteiger partial charge in [0.25, 0.3) is 0 Å². The number of H-pyrrole nitrogens is 1. The standard InChI is InChI=1S/C23H26N6O/c1-3-7-19-16-28(14-4-2)23(30)29(19)15-17-10-12-18(13-11-17)20-8-5-6-9-21(20)22-24-26-27-25-22/h5-6,8-13,16H,3-4,7,14-15H2,1-2H3,(H,24,25,26,27). The smallest absolute Gasteiger partial charge is 0.299 e. The Kier molecular flexibility index (Phi) is 5.88. The summed E-state index contributed by atoms with van der Waals surface area (Å²) in [6.45, 7) is 5.57. The Labute approximate surface area is 175 Å². The van der Waals surface area contributed by atoms with Crippen LogP contribution >= 0.6 is 0 Å². The van der Waals surface area contributed by atoms with Crippen LogP contribution in [0.25, 0.3) is 22.5 Å². The van der Waals surface area contributed by atoms with Crippen molar-refractivity contribution in [2.24, 2.45) is 0 Å². The van der Waals surface area contributed by atoms with Crippen molar-refractivity contribution in [1.82, 2.24) is 29.8 Å². The Bertz CT molecular complexity index is 1160. The number of imidazole rings is 1. The zero-order valence-electron chi connectivity index (χ0n) is 17.4. The molecular weight excluding hydrogens is 376 g/mol. The van der Waals surface area contributed by atoms with Crippen LogP contribution in [-0.4, -0.2) is 29.8 Å². The molecular formula is C23H26N6O. The van der Waals surface area contributed by atoms with Crippen LogP contribution in [0.3, 0.4) is 0 Å². The van der Waals surface area contributed by atoms with E-state index < -0.39 is 0 Å². The average Bonchev–Trinajstić information content (AvgIpc) is 3.40. The third-order valence-electron chi connectivity index (χ3n) is 5.23. The van der Waals surface area contributed by atoms with Crippen molar-refractivity contribution in [3.63, 3.8) is 0 Å². The predicted molar refractivity (Wildman–Crippen MR) is 117 cm³/mol. The zero-order valence-corrected chi connectivity index (χ0v) is 17.4. The second-order valence-corrected chi connectivity index (χ2v) is 7.42. The van der Waals surface area contributed by atoms with Gasteiger partial charge in [-0.2, -0.15) is 0 Å². The molecule has 0 saturated carbocycles. The molecule has 2 aromatic carbocycles. The number of hydrogen-bond donors (Lipinski definition) is 1. The first kappa shape index (κ1) is 19.8. The minimum Gasteiger partial charge on any atom is -0.299 e. The first-order valence-corrected chi connectivity index (χ1v) is 10.4. The third kappa shape index (κ3) is 3.96. The molecule has 0 radical (unpaired) electrons. The molecule has 30 heavy (non-hydrogen) atoms. The van der Waals surface area contributed by atoms with E-state index in [1.807, 2.05) is 33.5 Å². The first-order chi connectivity index (χ1) is 14.7. The van der Waals surface area contributed by atoms with Crippen molar-refractivity contribution in [3.05, 3.63) is 76.5 Å². The fourth-order valence-electron chi connectivity index (χ4n) is 3.80. The van der Waals surface area contributed by atoms with Crippen LogP contribution < -0.4 is 5.69 Å². The summed E-state index contributed by atoms with van der Waals surface area (Å²) in [5, 5.41) is 14.2. The molecule has 1 N–H and O–H groups in total. The molecule has 0 fully saturated rings. The van der Waals surface area contributed by atoms with Gasteiger partial charge < -0.3 is 0 Å². The highest BCUT2D eigenvalue weighted by Gasteiger charge is 2.12. The van der Waals surface area contributed by atoms with Crippen molar-refractivity contribution >= 4 is 0 Å². The van der Waals surface area contributed by atoms with E-state index in [9.17, 15) is 4.79 Å². The predicted octanol–water partition coefficient (Wildman–Crippen LogP) is 3.91. The number of rotatable bonds is 8. The van der Waals surface area contributed by atoms with Gasteiger partial charge in [-0.3, -0.25) is 9.13 Å². The number of tetrazole rings is 1. The van der Waals surface area contributed by atoms with Gasteiger partial charge in [-0.05, 0) is 40.0 Å². The lowest BCUT2D eigenvalue weighted by Crippen LogP contribution is -2.25. The molecule has 4 aromatic rings. The molecule has 0 bridgehead atoms. The fourth-order valence-corrected chi connectivity index (χ4v) is 3.80. The van der Waals surface area contributed by atoms with Gasteiger partial charge in [0.2, 0.25) is 0 Å². The van der Waals surface area contributed by atoms with Crippen LogP contribution in [0.4, 0.5) is 0 Å². The first-order valence-electron chi connectivity index (χ1n) is 10.4. The molecule has 7 nitrogen and oxygen atoms in total. The maximum absolute atomic E-state index is 12.8. The SMILES string of the molecule is CCCc1cn(CCC)c(=O)n1Cc1ccc(-c2ccccc2-c2nnn[nH]2)cc1. The van der Waals surface area contributed by atoms with E-state index in [-0.39, 0.29) is 5.69 Å². The van der Waals surface area contributed by atoms with E-state index in [1.165, 1.54) is 0 Å². The van der Waals surface area contributed by atoms with Crippen LogP contribution in [0, 0.1) is 0 Å². The number of aromatic nitrogens is 6. The monoisotopic (exact) mass is 402 g/mol. The number of aromatic amines is 1. The number of nitrogens with zero attached hydrogens (tertiary/aromatic N) is 5. The molecule has 2 aromatic heterocycles. The van der Waals surface area contributed by atoms with Crippen LogP contribution in [-0.2, 0) is 19.5 Å². The molecule has 0 aliphatic rings. The summed E-state index contributed by atoms with van der Waals surface area (Å²) in [5.41, 5.74) is 5.37. The van der Waals surface area contributed by atoms with E-state index in [2.05, 4.69) is 64.8 Å². The van der Waals surface area contributed by atoms with Crippen molar-refractivity contribution < 1.29 is 0 Å². The van der Waals surface area contributed by atoms with E-state index >= 15 is 0 Å². The van der Waals surface area contributed by atoms with Gasteiger partial charge in [-0.1, -0.05) is 68.8 Å². The summed E-state index contributed by atoms with van der Waals surface area (Å²) in [5.74, 6) is 0.641. The van der Waals surface area contributed by atoms with Crippen molar-refractivity contribution in [3.8, 4) is 22.5 Å². The van der Waals surface area contributed by atoms with Crippen molar-refractivity contribution in [2.75, 3.05) is 0 Å². The van der Waals surface area contributed by atoms with E-state index in [4.69, 9.17) is 0 Å². The number of aryl methyl sites for hydroxylation is 2. The molecule has 0 amide bonds. The summed E-state index contributed by atoms with van der Waals surface area (Å²) < 4.78 is 3.74. The molecule has 2 heterocycles. The minimum absolute atomic E-state index is 0.0764. The average molecular weight is 403 g/mol. The van der Waals surface area contributed by atoms with Gasteiger partial charge in [0.15, 0.2) is 5.82 Å². The molecule has 0 unspecified atom stereocenters. The number of hydrogen-bond acceptors (Lipinski definition) is 4. The van der Waals surface area contributed by atoms with Gasteiger partial charge in [-0.15, -0.1) is 5.10 Å². The lowest BCUT2D eigenvalue weighted by Gasteiger charge is -2.10. The molecule has 0 saturated heterocycles. The summed E-state index contributed by atoms with van der Waals surface area (Å²) in [6, 6.07) is 16.4. The Balaban J connectivity index is 1.63. The van der Waals surface area contributed by atoms with Gasteiger partial charge in [0, 0.05) is 24.0 Å². The van der Waals surface area contributed by atoms with E-state index in [0.29, 0.717) is 12.4 Å². The summed E-state index contributed by atoms with van der Waals surface area (Å²) in [7, 11) is 0. The van der Waals surface area contributed by atoms with E-state index in [0.717, 1.165) is 53.8 Å². The normalized spacial score (nSPS) is 11.1. The Morgan fingerprint density at radius 2 is 1.73 bits per heavy atom. The summed E-state index contributed by atoms with van der Waals surface area (Å²) in [4.78, 5) is 12.8. The Morgan fingerprint density at radius 1 is 0.967 bits per heavy atom. The lowest BCUT2D eigenvalue weighted by atomic mass is 9.98. The lowest BCUT2D eigenvalue weighted by molar-refractivity contribution is 0.619. The molecule has 0 spiro atoms.